The second kappa shape index (κ2) is 9.09. The SMILES string of the molecule is Cc1cccc(OCCN2C(=O)S/C(=C\c3ccc(-c4ccc(I)cc4)o3)C2=O)c1. The van der Waals surface area contributed by atoms with Gasteiger partial charge in [-0.2, -0.15) is 0 Å². The summed E-state index contributed by atoms with van der Waals surface area (Å²) in [6.45, 7) is 2.42. The van der Waals surface area contributed by atoms with Crippen molar-refractivity contribution >= 4 is 51.6 Å². The molecule has 0 aliphatic carbocycles. The number of amides is 2. The van der Waals surface area contributed by atoms with Crippen LogP contribution in [0.5, 0.6) is 5.75 Å². The maximum absolute atomic E-state index is 12.6. The number of nitrogens with zero attached hydrogens (tertiary/aromatic N) is 1. The summed E-state index contributed by atoms with van der Waals surface area (Å²) in [5.74, 6) is 1.63. The number of thioether (sulfide) groups is 1. The fourth-order valence-corrected chi connectivity index (χ4v) is 4.19. The van der Waals surface area contributed by atoms with Gasteiger partial charge in [-0.25, -0.2) is 0 Å². The molecule has 5 nitrogen and oxygen atoms in total. The van der Waals surface area contributed by atoms with Gasteiger partial charge in [0.15, 0.2) is 0 Å². The van der Waals surface area contributed by atoms with Crippen LogP contribution < -0.4 is 4.74 Å². The van der Waals surface area contributed by atoms with Gasteiger partial charge in [0.2, 0.25) is 0 Å². The fourth-order valence-electron chi connectivity index (χ4n) is 2.98. The van der Waals surface area contributed by atoms with Crippen molar-refractivity contribution in [2.24, 2.45) is 0 Å². The van der Waals surface area contributed by atoms with Gasteiger partial charge in [-0.3, -0.25) is 14.5 Å². The Bertz CT molecular complexity index is 1120. The predicted octanol–water partition coefficient (Wildman–Crippen LogP) is 5.97. The van der Waals surface area contributed by atoms with Gasteiger partial charge in [0.05, 0.1) is 11.4 Å². The molecule has 0 N–H and O–H groups in total. The summed E-state index contributed by atoms with van der Waals surface area (Å²) in [5, 5.41) is -0.302. The standard InChI is InChI=1S/C23H18INO4S/c1-15-3-2-4-18(13-15)28-12-11-25-22(26)21(30-23(25)27)14-19-9-10-20(29-19)16-5-7-17(24)8-6-16/h2-10,13-14H,11-12H2,1H3/b21-14-. The van der Waals surface area contributed by atoms with E-state index in [2.05, 4.69) is 22.6 Å². The summed E-state index contributed by atoms with van der Waals surface area (Å²) in [6.07, 6.45) is 1.61. The molecule has 30 heavy (non-hydrogen) atoms. The van der Waals surface area contributed by atoms with Crippen LogP contribution in [0.1, 0.15) is 11.3 Å². The molecule has 0 saturated carbocycles. The van der Waals surface area contributed by atoms with E-state index in [9.17, 15) is 9.59 Å². The van der Waals surface area contributed by atoms with E-state index in [4.69, 9.17) is 9.15 Å². The normalized spacial score (nSPS) is 15.3. The maximum Gasteiger partial charge on any atom is 0.293 e. The molecule has 2 aromatic carbocycles. The highest BCUT2D eigenvalue weighted by atomic mass is 127. The molecule has 1 aliphatic heterocycles. The van der Waals surface area contributed by atoms with E-state index in [1.165, 1.54) is 4.90 Å². The third kappa shape index (κ3) is 4.79. The Morgan fingerprint density at radius 3 is 2.67 bits per heavy atom. The quantitative estimate of drug-likeness (QED) is 0.290. The Morgan fingerprint density at radius 2 is 1.90 bits per heavy atom. The second-order valence-electron chi connectivity index (χ2n) is 6.71. The van der Waals surface area contributed by atoms with Gasteiger partial charge in [-0.15, -0.1) is 0 Å². The third-order valence-electron chi connectivity index (χ3n) is 4.48. The number of hydrogen-bond donors (Lipinski definition) is 0. The number of carbonyl (C=O) groups excluding carboxylic acids is 2. The number of halogens is 1. The van der Waals surface area contributed by atoms with Crippen molar-refractivity contribution < 1.29 is 18.7 Å². The number of aryl methyl sites for hydroxylation is 1. The number of hydrogen-bond acceptors (Lipinski definition) is 5. The van der Waals surface area contributed by atoms with E-state index in [0.29, 0.717) is 16.4 Å². The number of imide groups is 1. The summed E-state index contributed by atoms with van der Waals surface area (Å²) in [4.78, 5) is 26.5. The molecule has 2 heterocycles. The molecular weight excluding hydrogens is 513 g/mol. The van der Waals surface area contributed by atoms with Crippen LogP contribution in [0, 0.1) is 10.5 Å². The van der Waals surface area contributed by atoms with Gasteiger partial charge in [0, 0.05) is 15.2 Å². The number of benzene rings is 2. The van der Waals surface area contributed by atoms with Gasteiger partial charge < -0.3 is 9.15 Å². The maximum atomic E-state index is 12.6. The van der Waals surface area contributed by atoms with E-state index < -0.39 is 0 Å². The van der Waals surface area contributed by atoms with Gasteiger partial charge in [0.25, 0.3) is 11.1 Å². The van der Waals surface area contributed by atoms with Crippen molar-refractivity contribution in [1.82, 2.24) is 4.90 Å². The van der Waals surface area contributed by atoms with Gasteiger partial charge in [-0.1, -0.05) is 24.3 Å². The molecule has 1 saturated heterocycles. The molecule has 152 valence electrons. The van der Waals surface area contributed by atoms with E-state index in [0.717, 1.165) is 32.2 Å². The Morgan fingerprint density at radius 1 is 1.10 bits per heavy atom. The van der Waals surface area contributed by atoms with Crippen molar-refractivity contribution in [2.75, 3.05) is 13.2 Å². The average molecular weight is 531 g/mol. The lowest BCUT2D eigenvalue weighted by Gasteiger charge is -2.13. The second-order valence-corrected chi connectivity index (χ2v) is 8.95. The third-order valence-corrected chi connectivity index (χ3v) is 6.10. The van der Waals surface area contributed by atoms with Crippen LogP contribution in [0.3, 0.4) is 0 Å². The molecule has 1 aromatic heterocycles. The summed E-state index contributed by atoms with van der Waals surface area (Å²) in [6, 6.07) is 19.3. The van der Waals surface area contributed by atoms with Crippen molar-refractivity contribution in [3.05, 3.63) is 80.5 Å². The summed E-state index contributed by atoms with van der Waals surface area (Å²) in [7, 11) is 0. The molecule has 0 bridgehead atoms. The highest BCUT2D eigenvalue weighted by molar-refractivity contribution is 14.1. The molecule has 0 radical (unpaired) electrons. The Labute approximate surface area is 192 Å². The molecule has 4 rings (SSSR count). The lowest BCUT2D eigenvalue weighted by atomic mass is 10.2. The molecule has 1 aliphatic rings. The average Bonchev–Trinajstić information content (AvgIpc) is 3.29. The van der Waals surface area contributed by atoms with Gasteiger partial charge in [-0.05, 0) is 83.2 Å². The molecular formula is C23H18INO4S. The summed E-state index contributed by atoms with van der Waals surface area (Å²) in [5.41, 5.74) is 2.04. The highest BCUT2D eigenvalue weighted by Crippen LogP contribution is 2.33. The first-order valence-electron chi connectivity index (χ1n) is 9.30. The minimum atomic E-state index is -0.329. The van der Waals surface area contributed by atoms with Gasteiger partial charge in [0.1, 0.15) is 23.9 Å². The summed E-state index contributed by atoms with van der Waals surface area (Å²) < 4.78 is 12.6. The van der Waals surface area contributed by atoms with E-state index in [-0.39, 0.29) is 24.3 Å². The molecule has 0 atom stereocenters. The first kappa shape index (κ1) is 20.7. The van der Waals surface area contributed by atoms with Crippen LogP contribution in [-0.4, -0.2) is 29.2 Å². The molecule has 0 spiro atoms. The lowest BCUT2D eigenvalue weighted by molar-refractivity contribution is -0.123. The number of carbonyl (C=O) groups is 2. The van der Waals surface area contributed by atoms with Crippen molar-refractivity contribution in [3.8, 4) is 17.1 Å². The zero-order valence-corrected chi connectivity index (χ0v) is 19.1. The first-order chi connectivity index (χ1) is 14.5. The molecule has 1 fully saturated rings. The molecule has 0 unspecified atom stereocenters. The van der Waals surface area contributed by atoms with Crippen LogP contribution in [0.2, 0.25) is 0 Å². The topological polar surface area (TPSA) is 59.8 Å². The Hall–Kier alpha value is -2.52. The molecule has 7 heteroatoms. The van der Waals surface area contributed by atoms with Crippen LogP contribution in [0.15, 0.2) is 70.0 Å². The monoisotopic (exact) mass is 531 g/mol. The molecule has 2 amide bonds. The summed E-state index contributed by atoms with van der Waals surface area (Å²) >= 11 is 3.16. The largest absolute Gasteiger partial charge is 0.492 e. The zero-order chi connectivity index (χ0) is 21.1. The van der Waals surface area contributed by atoms with E-state index >= 15 is 0 Å². The Balaban J connectivity index is 1.41. The van der Waals surface area contributed by atoms with Crippen molar-refractivity contribution in [2.45, 2.75) is 6.92 Å². The van der Waals surface area contributed by atoms with Crippen LogP contribution in [-0.2, 0) is 4.79 Å². The van der Waals surface area contributed by atoms with Crippen molar-refractivity contribution in [1.29, 1.82) is 0 Å². The molecule has 3 aromatic rings. The zero-order valence-electron chi connectivity index (χ0n) is 16.1. The van der Waals surface area contributed by atoms with Crippen LogP contribution in [0.25, 0.3) is 17.4 Å². The predicted molar refractivity (Wildman–Crippen MR) is 126 cm³/mol. The van der Waals surface area contributed by atoms with E-state index in [1.807, 2.05) is 61.5 Å². The van der Waals surface area contributed by atoms with Crippen molar-refractivity contribution in [3.63, 3.8) is 0 Å². The van der Waals surface area contributed by atoms with Gasteiger partial charge >= 0.3 is 0 Å². The minimum Gasteiger partial charge on any atom is -0.492 e. The smallest absolute Gasteiger partial charge is 0.293 e. The minimum absolute atomic E-state index is 0.196. The first-order valence-corrected chi connectivity index (χ1v) is 11.2. The number of furan rings is 1. The Kier molecular flexibility index (Phi) is 6.29. The lowest BCUT2D eigenvalue weighted by Crippen LogP contribution is -2.32. The van der Waals surface area contributed by atoms with Crippen LogP contribution in [0.4, 0.5) is 4.79 Å². The number of ether oxygens (including phenoxy) is 1. The highest BCUT2D eigenvalue weighted by Gasteiger charge is 2.35. The van der Waals surface area contributed by atoms with E-state index in [1.54, 1.807) is 12.1 Å². The van der Waals surface area contributed by atoms with Crippen LogP contribution >= 0.6 is 34.4 Å². The fraction of sp³-hybridized carbons (Fsp3) is 0.130. The number of rotatable bonds is 6.